The molecule has 0 radical (unpaired) electrons. The minimum Gasteiger partial charge on any atom is -0.496 e. The Morgan fingerprint density at radius 3 is 2.12 bits per heavy atom. The van der Waals surface area contributed by atoms with E-state index in [-0.39, 0.29) is 5.88 Å². The van der Waals surface area contributed by atoms with Gasteiger partial charge in [-0.25, -0.2) is 0 Å². The van der Waals surface area contributed by atoms with E-state index in [1.807, 2.05) is 0 Å². The summed E-state index contributed by atoms with van der Waals surface area (Å²) in [6, 6.07) is 5.16. The molecule has 0 aliphatic carbocycles. The van der Waals surface area contributed by atoms with E-state index in [9.17, 15) is 10.2 Å². The normalized spacial score (nSPS) is 14.2. The maximum absolute atomic E-state index is 10.1. The summed E-state index contributed by atoms with van der Waals surface area (Å²) in [5.41, 5.74) is 0.440. The SMILES string of the molecule is COc1cccc(OC)c1C(O)C(O)CCCl. The van der Waals surface area contributed by atoms with Crippen molar-refractivity contribution in [2.75, 3.05) is 20.1 Å². The third-order valence-electron chi connectivity index (χ3n) is 2.53. The van der Waals surface area contributed by atoms with Gasteiger partial charge in [-0.2, -0.15) is 0 Å². The van der Waals surface area contributed by atoms with Crippen molar-refractivity contribution < 1.29 is 19.7 Å². The number of alkyl halides is 1. The fourth-order valence-electron chi connectivity index (χ4n) is 1.63. The van der Waals surface area contributed by atoms with Crippen LogP contribution in [0.4, 0.5) is 0 Å². The number of aliphatic hydroxyl groups excluding tert-OH is 2. The van der Waals surface area contributed by atoms with E-state index in [2.05, 4.69) is 0 Å². The van der Waals surface area contributed by atoms with Crippen LogP contribution in [0.3, 0.4) is 0 Å². The quantitative estimate of drug-likeness (QED) is 0.765. The van der Waals surface area contributed by atoms with Crippen molar-refractivity contribution in [1.82, 2.24) is 0 Å². The Kier molecular flexibility index (Phi) is 5.55. The first-order valence-corrected chi connectivity index (χ1v) is 5.82. The molecule has 0 fully saturated rings. The molecule has 0 saturated carbocycles. The molecule has 0 saturated heterocycles. The van der Waals surface area contributed by atoms with Gasteiger partial charge in [-0.05, 0) is 18.6 Å². The fraction of sp³-hybridized carbons (Fsp3) is 0.500. The van der Waals surface area contributed by atoms with E-state index >= 15 is 0 Å². The smallest absolute Gasteiger partial charge is 0.128 e. The Hall–Kier alpha value is -0.970. The summed E-state index contributed by atoms with van der Waals surface area (Å²) in [5, 5.41) is 19.8. The summed E-state index contributed by atoms with van der Waals surface area (Å²) in [7, 11) is 3.00. The summed E-state index contributed by atoms with van der Waals surface area (Å²) in [6.07, 6.45) is -1.73. The number of hydrogen-bond acceptors (Lipinski definition) is 4. The molecule has 0 heterocycles. The summed E-state index contributed by atoms with van der Waals surface area (Å²) >= 11 is 5.54. The third kappa shape index (κ3) is 3.25. The molecule has 4 nitrogen and oxygen atoms in total. The summed E-state index contributed by atoms with van der Waals surface area (Å²) in [5.74, 6) is 1.23. The molecule has 96 valence electrons. The zero-order valence-corrected chi connectivity index (χ0v) is 10.6. The molecule has 5 heteroatoms. The van der Waals surface area contributed by atoms with Crippen molar-refractivity contribution in [1.29, 1.82) is 0 Å². The standard InChI is InChI=1S/C12H17ClO4/c1-16-9-4-3-5-10(17-2)11(9)12(15)8(14)6-7-13/h3-5,8,12,14-15H,6-7H2,1-2H3. The topological polar surface area (TPSA) is 58.9 Å². The molecular formula is C12H17ClO4. The number of hydrogen-bond donors (Lipinski definition) is 2. The lowest BCUT2D eigenvalue weighted by Gasteiger charge is -2.21. The number of methoxy groups -OCH3 is 2. The largest absolute Gasteiger partial charge is 0.496 e. The van der Waals surface area contributed by atoms with E-state index in [4.69, 9.17) is 21.1 Å². The van der Waals surface area contributed by atoms with Crippen molar-refractivity contribution in [3.05, 3.63) is 23.8 Å². The number of rotatable bonds is 6. The molecule has 2 N–H and O–H groups in total. The van der Waals surface area contributed by atoms with Crippen LogP contribution in [-0.4, -0.2) is 36.4 Å². The van der Waals surface area contributed by atoms with E-state index in [1.165, 1.54) is 14.2 Å². The minimum absolute atomic E-state index is 0.274. The Balaban J connectivity index is 3.08. The van der Waals surface area contributed by atoms with Crippen LogP contribution in [0, 0.1) is 0 Å². The lowest BCUT2D eigenvalue weighted by molar-refractivity contribution is 0.0142. The molecule has 0 bridgehead atoms. The second-order valence-corrected chi connectivity index (χ2v) is 3.94. The van der Waals surface area contributed by atoms with Crippen LogP contribution in [0.25, 0.3) is 0 Å². The van der Waals surface area contributed by atoms with Crippen molar-refractivity contribution in [2.45, 2.75) is 18.6 Å². The number of ether oxygens (including phenoxy) is 2. The molecule has 0 spiro atoms. The first kappa shape index (κ1) is 14.1. The molecule has 1 aromatic rings. The van der Waals surface area contributed by atoms with Gasteiger partial charge < -0.3 is 19.7 Å². The Morgan fingerprint density at radius 2 is 1.71 bits per heavy atom. The van der Waals surface area contributed by atoms with Crippen LogP contribution < -0.4 is 9.47 Å². The molecule has 1 aromatic carbocycles. The monoisotopic (exact) mass is 260 g/mol. The zero-order valence-electron chi connectivity index (χ0n) is 9.89. The Bertz CT molecular complexity index is 334. The Morgan fingerprint density at radius 1 is 1.18 bits per heavy atom. The average molecular weight is 261 g/mol. The molecule has 0 aromatic heterocycles. The van der Waals surface area contributed by atoms with Gasteiger partial charge in [0, 0.05) is 5.88 Å². The highest BCUT2D eigenvalue weighted by molar-refractivity contribution is 6.17. The lowest BCUT2D eigenvalue weighted by atomic mass is 10.0. The van der Waals surface area contributed by atoms with E-state index in [0.29, 0.717) is 23.5 Å². The first-order chi connectivity index (χ1) is 8.15. The van der Waals surface area contributed by atoms with Gasteiger partial charge in [0.15, 0.2) is 0 Å². The van der Waals surface area contributed by atoms with Crippen LogP contribution in [0.15, 0.2) is 18.2 Å². The lowest BCUT2D eigenvalue weighted by Crippen LogP contribution is -2.20. The predicted molar refractivity (Wildman–Crippen MR) is 65.8 cm³/mol. The molecule has 0 amide bonds. The van der Waals surface area contributed by atoms with Gasteiger partial charge in [0.25, 0.3) is 0 Å². The zero-order chi connectivity index (χ0) is 12.8. The van der Waals surface area contributed by atoms with Crippen molar-refractivity contribution in [2.24, 2.45) is 0 Å². The van der Waals surface area contributed by atoms with Crippen LogP contribution in [0.5, 0.6) is 11.5 Å². The minimum atomic E-state index is -1.08. The van der Waals surface area contributed by atoms with Gasteiger partial charge in [0.1, 0.15) is 17.6 Å². The summed E-state index contributed by atoms with van der Waals surface area (Å²) in [6.45, 7) is 0. The number of halogens is 1. The van der Waals surface area contributed by atoms with Gasteiger partial charge >= 0.3 is 0 Å². The van der Waals surface area contributed by atoms with E-state index in [0.717, 1.165) is 0 Å². The maximum Gasteiger partial charge on any atom is 0.128 e. The van der Waals surface area contributed by atoms with Crippen LogP contribution in [-0.2, 0) is 0 Å². The van der Waals surface area contributed by atoms with Gasteiger partial charge in [-0.1, -0.05) is 6.07 Å². The number of aliphatic hydroxyl groups is 2. The average Bonchev–Trinajstić information content (AvgIpc) is 2.37. The van der Waals surface area contributed by atoms with Crippen LogP contribution >= 0.6 is 11.6 Å². The van der Waals surface area contributed by atoms with Crippen LogP contribution in [0.1, 0.15) is 18.1 Å². The van der Waals surface area contributed by atoms with Gasteiger partial charge in [0.05, 0.1) is 25.9 Å². The second-order valence-electron chi connectivity index (χ2n) is 3.57. The molecule has 17 heavy (non-hydrogen) atoms. The second kappa shape index (κ2) is 6.69. The van der Waals surface area contributed by atoms with Crippen molar-refractivity contribution in [3.8, 4) is 11.5 Å². The highest BCUT2D eigenvalue weighted by Crippen LogP contribution is 2.36. The van der Waals surface area contributed by atoms with Crippen LogP contribution in [0.2, 0.25) is 0 Å². The first-order valence-electron chi connectivity index (χ1n) is 5.28. The molecule has 2 atom stereocenters. The third-order valence-corrected chi connectivity index (χ3v) is 2.75. The molecule has 1 rings (SSSR count). The van der Waals surface area contributed by atoms with Gasteiger partial charge in [-0.3, -0.25) is 0 Å². The summed E-state index contributed by atoms with van der Waals surface area (Å²) < 4.78 is 10.3. The maximum atomic E-state index is 10.1. The molecule has 0 aliphatic rings. The predicted octanol–water partition coefficient (Wildman–Crippen LogP) is 1.73. The summed E-state index contributed by atoms with van der Waals surface area (Å²) in [4.78, 5) is 0. The number of benzene rings is 1. The van der Waals surface area contributed by atoms with Crippen molar-refractivity contribution >= 4 is 11.6 Å². The molecular weight excluding hydrogens is 244 g/mol. The van der Waals surface area contributed by atoms with Gasteiger partial charge in [0.2, 0.25) is 0 Å². The highest BCUT2D eigenvalue weighted by Gasteiger charge is 2.24. The molecule has 2 unspecified atom stereocenters. The van der Waals surface area contributed by atoms with E-state index in [1.54, 1.807) is 18.2 Å². The van der Waals surface area contributed by atoms with E-state index < -0.39 is 12.2 Å². The fourth-order valence-corrected chi connectivity index (χ4v) is 1.86. The van der Waals surface area contributed by atoms with Crippen molar-refractivity contribution in [3.63, 3.8) is 0 Å². The molecule has 0 aliphatic heterocycles. The van der Waals surface area contributed by atoms with Gasteiger partial charge in [-0.15, -0.1) is 11.6 Å². The highest BCUT2D eigenvalue weighted by atomic mass is 35.5. The Labute approximate surface area is 106 Å².